The van der Waals surface area contributed by atoms with E-state index in [2.05, 4.69) is 6.07 Å². The second-order valence-electron chi connectivity index (χ2n) is 5.93. The van der Waals surface area contributed by atoms with Crippen LogP contribution in [0.15, 0.2) is 65.6 Å². The largest absolute Gasteiger partial charge is 0.265 e. The number of nitrogens with zero attached hydrogens (tertiary/aromatic N) is 1. The molecule has 3 nitrogen and oxygen atoms in total. The quantitative estimate of drug-likeness (QED) is 0.717. The van der Waals surface area contributed by atoms with E-state index in [0.717, 1.165) is 34.0 Å². The standard InChI is InChI=1S/C19H17NO2S/c1-14-6-10-17(11-7-14)23(21,22)20-13-12-16-9-8-15-4-2-3-5-18(15)19(16)20/h2-11H,12-13H2,1H3. The molecule has 4 rings (SSSR count). The highest BCUT2D eigenvalue weighted by Crippen LogP contribution is 2.38. The number of benzene rings is 3. The molecule has 0 atom stereocenters. The molecule has 0 bridgehead atoms. The second-order valence-corrected chi connectivity index (χ2v) is 7.80. The van der Waals surface area contributed by atoms with Gasteiger partial charge in [0.2, 0.25) is 0 Å². The van der Waals surface area contributed by atoms with Crippen molar-refractivity contribution in [2.45, 2.75) is 18.2 Å². The summed E-state index contributed by atoms with van der Waals surface area (Å²) in [6, 6.07) is 19.1. The van der Waals surface area contributed by atoms with Crippen molar-refractivity contribution in [3.8, 4) is 0 Å². The zero-order valence-electron chi connectivity index (χ0n) is 12.9. The van der Waals surface area contributed by atoms with E-state index in [-0.39, 0.29) is 0 Å². The number of anilines is 1. The van der Waals surface area contributed by atoms with Gasteiger partial charge in [-0.2, -0.15) is 0 Å². The van der Waals surface area contributed by atoms with Gasteiger partial charge in [-0.25, -0.2) is 8.42 Å². The van der Waals surface area contributed by atoms with Gasteiger partial charge in [-0.05, 0) is 36.4 Å². The summed E-state index contributed by atoms with van der Waals surface area (Å²) in [5, 5.41) is 2.07. The molecule has 1 aliphatic heterocycles. The molecular formula is C19H17NO2S. The summed E-state index contributed by atoms with van der Waals surface area (Å²) >= 11 is 0. The Balaban J connectivity index is 1.91. The van der Waals surface area contributed by atoms with Gasteiger partial charge in [-0.15, -0.1) is 0 Å². The topological polar surface area (TPSA) is 37.4 Å². The normalized spacial score (nSPS) is 14.2. The van der Waals surface area contributed by atoms with Gasteiger partial charge >= 0.3 is 0 Å². The molecule has 3 aromatic carbocycles. The van der Waals surface area contributed by atoms with Crippen LogP contribution < -0.4 is 4.31 Å². The molecule has 0 aromatic heterocycles. The van der Waals surface area contributed by atoms with Gasteiger partial charge in [0.05, 0.1) is 10.6 Å². The first-order valence-electron chi connectivity index (χ1n) is 7.67. The van der Waals surface area contributed by atoms with Gasteiger partial charge in [0, 0.05) is 11.9 Å². The first-order valence-corrected chi connectivity index (χ1v) is 9.11. The van der Waals surface area contributed by atoms with E-state index in [4.69, 9.17) is 0 Å². The molecule has 0 unspecified atom stereocenters. The van der Waals surface area contributed by atoms with Crippen molar-refractivity contribution in [1.82, 2.24) is 0 Å². The molecule has 0 saturated carbocycles. The summed E-state index contributed by atoms with van der Waals surface area (Å²) in [5.74, 6) is 0. The van der Waals surface area contributed by atoms with E-state index in [1.54, 1.807) is 16.4 Å². The van der Waals surface area contributed by atoms with Gasteiger partial charge in [0.15, 0.2) is 0 Å². The van der Waals surface area contributed by atoms with Crippen molar-refractivity contribution < 1.29 is 8.42 Å². The highest BCUT2D eigenvalue weighted by Gasteiger charge is 2.32. The number of sulfonamides is 1. The molecule has 0 fully saturated rings. The van der Waals surface area contributed by atoms with E-state index >= 15 is 0 Å². The smallest absolute Gasteiger partial charge is 0.264 e. The van der Waals surface area contributed by atoms with Crippen molar-refractivity contribution >= 4 is 26.5 Å². The summed E-state index contributed by atoms with van der Waals surface area (Å²) in [5.41, 5.74) is 2.99. The molecule has 3 aromatic rings. The maximum Gasteiger partial charge on any atom is 0.264 e. The molecule has 4 heteroatoms. The number of aryl methyl sites for hydroxylation is 1. The van der Waals surface area contributed by atoms with Crippen LogP contribution in [0.2, 0.25) is 0 Å². The maximum absolute atomic E-state index is 13.1. The molecule has 1 heterocycles. The maximum atomic E-state index is 13.1. The number of fused-ring (bicyclic) bond motifs is 3. The van der Waals surface area contributed by atoms with Crippen LogP contribution in [0.25, 0.3) is 10.8 Å². The number of rotatable bonds is 2. The molecule has 0 spiro atoms. The fraction of sp³-hybridized carbons (Fsp3) is 0.158. The highest BCUT2D eigenvalue weighted by molar-refractivity contribution is 7.92. The molecule has 0 aliphatic carbocycles. The van der Waals surface area contributed by atoms with Crippen LogP contribution in [-0.2, 0) is 16.4 Å². The summed E-state index contributed by atoms with van der Waals surface area (Å²) in [7, 11) is -3.53. The molecule has 116 valence electrons. The van der Waals surface area contributed by atoms with Crippen LogP contribution in [0.1, 0.15) is 11.1 Å². The average Bonchev–Trinajstić information content (AvgIpc) is 3.00. The Bertz CT molecular complexity index is 992. The van der Waals surface area contributed by atoms with Gasteiger partial charge in [-0.3, -0.25) is 4.31 Å². The average molecular weight is 323 g/mol. The van der Waals surface area contributed by atoms with Crippen LogP contribution in [0.4, 0.5) is 5.69 Å². The SMILES string of the molecule is Cc1ccc(S(=O)(=O)N2CCc3ccc4ccccc4c32)cc1. The van der Waals surface area contributed by atoms with Crippen molar-refractivity contribution in [2.24, 2.45) is 0 Å². The van der Waals surface area contributed by atoms with Gasteiger partial charge in [-0.1, -0.05) is 54.1 Å². The third kappa shape index (κ3) is 2.21. The fourth-order valence-corrected chi connectivity index (χ4v) is 4.73. The Labute approximate surface area is 136 Å². The molecule has 23 heavy (non-hydrogen) atoms. The van der Waals surface area contributed by atoms with Crippen molar-refractivity contribution in [1.29, 1.82) is 0 Å². The lowest BCUT2D eigenvalue weighted by Gasteiger charge is -2.21. The molecule has 0 N–H and O–H groups in total. The van der Waals surface area contributed by atoms with Crippen molar-refractivity contribution in [3.05, 3.63) is 71.8 Å². The van der Waals surface area contributed by atoms with E-state index < -0.39 is 10.0 Å². The van der Waals surface area contributed by atoms with E-state index in [9.17, 15) is 8.42 Å². The van der Waals surface area contributed by atoms with Crippen LogP contribution in [0, 0.1) is 6.92 Å². The van der Waals surface area contributed by atoms with E-state index in [1.807, 2.05) is 49.4 Å². The zero-order chi connectivity index (χ0) is 16.0. The molecular weight excluding hydrogens is 306 g/mol. The summed E-state index contributed by atoms with van der Waals surface area (Å²) in [6.45, 7) is 2.45. The predicted molar refractivity (Wildman–Crippen MR) is 93.4 cm³/mol. The Morgan fingerprint density at radius 2 is 1.65 bits per heavy atom. The lowest BCUT2D eigenvalue weighted by molar-refractivity contribution is 0.592. The third-order valence-electron chi connectivity index (χ3n) is 4.43. The molecule has 0 amide bonds. The van der Waals surface area contributed by atoms with Crippen LogP contribution in [-0.4, -0.2) is 15.0 Å². The monoisotopic (exact) mass is 323 g/mol. The Morgan fingerprint density at radius 3 is 2.43 bits per heavy atom. The van der Waals surface area contributed by atoms with Crippen LogP contribution >= 0.6 is 0 Å². The summed E-state index contributed by atoms with van der Waals surface area (Å²) < 4.78 is 27.7. The molecule has 0 saturated heterocycles. The minimum Gasteiger partial charge on any atom is -0.265 e. The number of hydrogen-bond donors (Lipinski definition) is 0. The minimum absolute atomic E-state index is 0.351. The Kier molecular flexibility index (Phi) is 3.16. The van der Waals surface area contributed by atoms with E-state index in [1.165, 1.54) is 0 Å². The van der Waals surface area contributed by atoms with Crippen molar-refractivity contribution in [3.63, 3.8) is 0 Å². The predicted octanol–water partition coefficient (Wildman–Crippen LogP) is 3.90. The Hall–Kier alpha value is -2.33. The summed E-state index contributed by atoms with van der Waals surface area (Å²) in [4.78, 5) is 0.351. The Morgan fingerprint density at radius 1 is 0.913 bits per heavy atom. The molecule has 0 radical (unpaired) electrons. The lowest BCUT2D eigenvalue weighted by atomic mass is 10.0. The third-order valence-corrected chi connectivity index (χ3v) is 6.24. The summed E-state index contributed by atoms with van der Waals surface area (Å²) in [6.07, 6.45) is 0.755. The zero-order valence-corrected chi connectivity index (χ0v) is 13.7. The first-order chi connectivity index (χ1) is 11.1. The van der Waals surface area contributed by atoms with E-state index in [0.29, 0.717) is 11.4 Å². The van der Waals surface area contributed by atoms with Crippen LogP contribution in [0.3, 0.4) is 0 Å². The van der Waals surface area contributed by atoms with Gasteiger partial charge < -0.3 is 0 Å². The fourth-order valence-electron chi connectivity index (χ4n) is 3.21. The minimum atomic E-state index is -3.53. The van der Waals surface area contributed by atoms with Crippen molar-refractivity contribution in [2.75, 3.05) is 10.8 Å². The highest BCUT2D eigenvalue weighted by atomic mass is 32.2. The number of hydrogen-bond acceptors (Lipinski definition) is 2. The second kappa shape index (κ2) is 5.10. The first kappa shape index (κ1) is 14.3. The lowest BCUT2D eigenvalue weighted by Crippen LogP contribution is -2.29. The van der Waals surface area contributed by atoms with Gasteiger partial charge in [0.25, 0.3) is 10.0 Å². The molecule has 1 aliphatic rings. The van der Waals surface area contributed by atoms with Gasteiger partial charge in [0.1, 0.15) is 0 Å². The van der Waals surface area contributed by atoms with Crippen LogP contribution in [0.5, 0.6) is 0 Å².